The first-order valence-corrected chi connectivity index (χ1v) is 24.6. The van der Waals surface area contributed by atoms with Gasteiger partial charge in [-0.05, 0) is 104 Å². The Hall–Kier alpha value is -7.60. The number of rotatable bonds is 5. The van der Waals surface area contributed by atoms with E-state index < -0.39 is 0 Å². The molecule has 68 heavy (non-hydrogen) atoms. The first-order valence-electron chi connectivity index (χ1n) is 23.7. The lowest BCUT2D eigenvalue weighted by atomic mass is 9.59. The molecule has 3 aromatic heterocycles. The van der Waals surface area contributed by atoms with Crippen LogP contribution in [0.5, 0.6) is 0 Å². The van der Waals surface area contributed by atoms with Gasteiger partial charge in [0.15, 0.2) is 7.28 Å². The summed E-state index contributed by atoms with van der Waals surface area (Å²) in [6, 6.07) is 67.4. The van der Waals surface area contributed by atoms with Gasteiger partial charge in [0.05, 0.1) is 5.52 Å². The zero-order chi connectivity index (χ0) is 45.6. The van der Waals surface area contributed by atoms with Gasteiger partial charge in [-0.15, -0.1) is 11.3 Å². The molecule has 0 saturated heterocycles. The molecule has 0 saturated carbocycles. The van der Waals surface area contributed by atoms with Crippen LogP contribution in [0.2, 0.25) is 0 Å². The van der Waals surface area contributed by atoms with Crippen molar-refractivity contribution in [3.05, 3.63) is 199 Å². The van der Waals surface area contributed by atoms with Gasteiger partial charge in [0.2, 0.25) is 0 Å². The van der Waals surface area contributed by atoms with Crippen LogP contribution in [-0.4, -0.2) is 11.8 Å². The number of thiophene rings is 1. The van der Waals surface area contributed by atoms with Crippen LogP contribution in [0.15, 0.2) is 186 Å². The predicted molar refractivity (Wildman–Crippen MR) is 291 cm³/mol. The molecule has 14 rings (SSSR count). The zero-order valence-electron chi connectivity index (χ0n) is 38.7. The van der Waals surface area contributed by atoms with E-state index in [2.05, 4.69) is 234 Å². The number of nitrogens with one attached hydrogen (secondary N) is 1. The average Bonchev–Trinajstić information content (AvgIpc) is 4.07. The lowest BCUT2D eigenvalue weighted by Gasteiger charge is -2.26. The number of benzene rings is 9. The van der Waals surface area contributed by atoms with Crippen LogP contribution in [0.4, 0.5) is 11.4 Å². The van der Waals surface area contributed by atoms with Crippen molar-refractivity contribution in [2.24, 2.45) is 0 Å². The fourth-order valence-corrected chi connectivity index (χ4v) is 12.7. The third-order valence-electron chi connectivity index (χ3n) is 15.0. The van der Waals surface area contributed by atoms with E-state index in [1.807, 2.05) is 11.3 Å². The fourth-order valence-electron chi connectivity index (χ4n) is 11.6. The van der Waals surface area contributed by atoms with Crippen molar-refractivity contribution in [2.75, 3.05) is 5.32 Å². The maximum absolute atomic E-state index is 7.02. The standard InChI is InChI=1S/C63H46BN2OS/c1-62(2,3)38-24-26-39(27-25-38)65-52-33-50-44(40-20-12-14-22-49(40)63(50,4)5)30-45(52)42-28-29-43-46-31-47-41-21-13-15-23-56(41)68-57(47)35-53(46)66-54-32-48-55(34-51(54)64-59(42)60(43)66)67-61(37-18-10-7-11-19-37)58(48)36-16-8-6-9-17-36/h6-35,65H,1-5H3. The van der Waals surface area contributed by atoms with Gasteiger partial charge in [0.25, 0.3) is 0 Å². The second-order valence-corrected chi connectivity index (χ2v) is 21.5. The molecular weight excluding hydrogens is 844 g/mol. The lowest BCUT2D eigenvalue weighted by Crippen LogP contribution is -2.37. The molecule has 323 valence electrons. The van der Waals surface area contributed by atoms with Gasteiger partial charge in [-0.2, -0.15) is 0 Å². The molecule has 1 radical (unpaired) electrons. The highest BCUT2D eigenvalue weighted by molar-refractivity contribution is 7.25. The highest BCUT2D eigenvalue weighted by atomic mass is 32.1. The number of anilines is 2. The van der Waals surface area contributed by atoms with Crippen molar-refractivity contribution in [1.29, 1.82) is 0 Å². The van der Waals surface area contributed by atoms with Crippen LogP contribution in [-0.2, 0) is 10.8 Å². The summed E-state index contributed by atoms with van der Waals surface area (Å²) in [5.74, 6) is 0.884. The zero-order valence-corrected chi connectivity index (χ0v) is 39.5. The van der Waals surface area contributed by atoms with Crippen molar-refractivity contribution in [1.82, 2.24) is 4.57 Å². The lowest BCUT2D eigenvalue weighted by molar-refractivity contribution is 0.590. The third-order valence-corrected chi connectivity index (χ3v) is 16.1. The summed E-state index contributed by atoms with van der Waals surface area (Å²) < 4.78 is 12.2. The normalized spacial score (nSPS) is 13.6. The minimum absolute atomic E-state index is 0.0609. The topological polar surface area (TPSA) is 30.1 Å². The van der Waals surface area contributed by atoms with E-state index in [4.69, 9.17) is 4.42 Å². The summed E-state index contributed by atoms with van der Waals surface area (Å²) >= 11 is 1.88. The highest BCUT2D eigenvalue weighted by Crippen LogP contribution is 2.52. The molecule has 1 N–H and O–H groups in total. The summed E-state index contributed by atoms with van der Waals surface area (Å²) in [7, 11) is 2.43. The van der Waals surface area contributed by atoms with Gasteiger partial charge in [-0.1, -0.05) is 167 Å². The minimum Gasteiger partial charge on any atom is -0.455 e. The van der Waals surface area contributed by atoms with Crippen molar-refractivity contribution in [3.8, 4) is 50.4 Å². The molecule has 2 aliphatic rings. The van der Waals surface area contributed by atoms with E-state index in [9.17, 15) is 0 Å². The Morgan fingerprint density at radius 1 is 0.559 bits per heavy atom. The second kappa shape index (κ2) is 14.2. The molecule has 0 spiro atoms. The van der Waals surface area contributed by atoms with Crippen LogP contribution in [0.3, 0.4) is 0 Å². The van der Waals surface area contributed by atoms with Gasteiger partial charge in [0.1, 0.15) is 11.3 Å². The molecule has 0 fully saturated rings. The minimum atomic E-state index is -0.157. The van der Waals surface area contributed by atoms with E-state index >= 15 is 0 Å². The van der Waals surface area contributed by atoms with Gasteiger partial charge < -0.3 is 14.3 Å². The summed E-state index contributed by atoms with van der Waals surface area (Å²) in [6.07, 6.45) is 0. The maximum atomic E-state index is 7.02. The van der Waals surface area contributed by atoms with E-state index in [1.165, 1.54) is 86.4 Å². The SMILES string of the molecule is CC(C)(C)c1ccc(Nc2cc3c(cc2-c2ccc4c5cc6c(cc5n5c4c2[B]c2cc4oc(-c7ccccc7)c(-c7ccccc7)c4cc2-5)sc2ccccc26)-c2ccccc2C3(C)C)cc1. The largest absolute Gasteiger partial charge is 0.455 e. The van der Waals surface area contributed by atoms with Crippen LogP contribution in [0.25, 0.3) is 103 Å². The molecule has 1 aliphatic carbocycles. The summed E-state index contributed by atoms with van der Waals surface area (Å²) in [4.78, 5) is 0. The number of hydrogen-bond donors (Lipinski definition) is 1. The monoisotopic (exact) mass is 889 g/mol. The molecule has 9 aromatic carbocycles. The Morgan fingerprint density at radius 3 is 2.09 bits per heavy atom. The van der Waals surface area contributed by atoms with Crippen molar-refractivity contribution >= 4 is 93.9 Å². The molecule has 0 atom stereocenters. The highest BCUT2D eigenvalue weighted by Gasteiger charge is 2.37. The molecule has 5 heteroatoms. The second-order valence-electron chi connectivity index (χ2n) is 20.4. The van der Waals surface area contributed by atoms with Crippen LogP contribution < -0.4 is 16.2 Å². The number of hydrogen-bond acceptors (Lipinski definition) is 3. The predicted octanol–water partition coefficient (Wildman–Crippen LogP) is 16.2. The smallest absolute Gasteiger partial charge is 0.198 e. The van der Waals surface area contributed by atoms with Crippen molar-refractivity contribution in [3.63, 3.8) is 0 Å². The quantitative estimate of drug-likeness (QED) is 0.175. The van der Waals surface area contributed by atoms with Gasteiger partial charge in [0, 0.05) is 81.0 Å². The molecular formula is C63H46BN2OS. The fraction of sp³-hybridized carbons (Fsp3) is 0.111. The van der Waals surface area contributed by atoms with Crippen LogP contribution in [0.1, 0.15) is 51.3 Å². The van der Waals surface area contributed by atoms with Crippen LogP contribution in [0, 0.1) is 0 Å². The Bertz CT molecular complexity index is 4070. The number of aromatic nitrogens is 1. The van der Waals surface area contributed by atoms with Crippen LogP contribution >= 0.6 is 11.3 Å². The Morgan fingerprint density at radius 2 is 1.29 bits per heavy atom. The summed E-state index contributed by atoms with van der Waals surface area (Å²) in [6.45, 7) is 11.6. The molecule has 1 aliphatic heterocycles. The van der Waals surface area contributed by atoms with E-state index in [0.717, 1.165) is 55.9 Å². The molecule has 0 unspecified atom stereocenters. The van der Waals surface area contributed by atoms with Gasteiger partial charge in [-0.3, -0.25) is 0 Å². The molecule has 0 amide bonds. The summed E-state index contributed by atoms with van der Waals surface area (Å²) in [5, 5.41) is 10.2. The Labute approximate surface area is 400 Å². The number of fused-ring (bicyclic) bond motifs is 12. The molecule has 0 bridgehead atoms. The van der Waals surface area contributed by atoms with E-state index in [1.54, 1.807) is 0 Å². The molecule has 4 heterocycles. The number of nitrogens with zero attached hydrogens (tertiary/aromatic N) is 1. The first kappa shape index (κ1) is 39.6. The van der Waals surface area contributed by atoms with Gasteiger partial charge in [-0.25, -0.2) is 0 Å². The average molecular weight is 890 g/mol. The van der Waals surface area contributed by atoms with Crippen molar-refractivity contribution in [2.45, 2.75) is 45.4 Å². The summed E-state index contributed by atoms with van der Waals surface area (Å²) in [5.41, 5.74) is 21.2. The molecule has 3 nitrogen and oxygen atoms in total. The number of furan rings is 1. The maximum Gasteiger partial charge on any atom is 0.198 e. The molecule has 12 aromatic rings. The van der Waals surface area contributed by atoms with E-state index in [0.29, 0.717) is 0 Å². The Kier molecular flexibility index (Phi) is 8.27. The van der Waals surface area contributed by atoms with Gasteiger partial charge >= 0.3 is 0 Å². The first-order chi connectivity index (χ1) is 33.1. The van der Waals surface area contributed by atoms with Crippen molar-refractivity contribution < 1.29 is 4.42 Å². The van der Waals surface area contributed by atoms with E-state index in [-0.39, 0.29) is 10.8 Å². The third kappa shape index (κ3) is 5.72. The Balaban J connectivity index is 1.06.